The number of nitrogens with zero attached hydrogens (tertiary/aromatic N) is 3. The third kappa shape index (κ3) is 7.09. The van der Waals surface area contributed by atoms with E-state index < -0.39 is 0 Å². The number of hydrogen-bond donors (Lipinski definition) is 0. The van der Waals surface area contributed by atoms with Gasteiger partial charge in [0.25, 0.3) is 0 Å². The summed E-state index contributed by atoms with van der Waals surface area (Å²) >= 11 is 0. The zero-order valence-electron chi connectivity index (χ0n) is 31.7. The predicted octanol–water partition coefficient (Wildman–Crippen LogP) is 14.4. The molecule has 0 unspecified atom stereocenters. The second kappa shape index (κ2) is 15.4. The summed E-state index contributed by atoms with van der Waals surface area (Å²) < 4.78 is 0. The molecule has 3 nitrogen and oxygen atoms in total. The molecule has 0 spiro atoms. The molecule has 1 heterocycles. The lowest BCUT2D eigenvalue weighted by Crippen LogP contribution is -2.00. The first-order valence-corrected chi connectivity index (χ1v) is 19.6. The van der Waals surface area contributed by atoms with E-state index in [0.717, 1.165) is 50.1 Å². The fourth-order valence-corrected chi connectivity index (χ4v) is 7.71. The van der Waals surface area contributed by atoms with E-state index in [-0.39, 0.29) is 0 Å². The molecule has 272 valence electrons. The van der Waals surface area contributed by atoms with Crippen molar-refractivity contribution in [3.63, 3.8) is 0 Å². The molecular weight excluding hydrogens is 703 g/mol. The number of rotatable bonds is 8. The second-order valence-corrected chi connectivity index (χ2v) is 14.5. The summed E-state index contributed by atoms with van der Waals surface area (Å²) in [7, 11) is 0. The number of aromatic nitrogens is 3. The lowest BCUT2D eigenvalue weighted by atomic mass is 9.91. The van der Waals surface area contributed by atoms with Crippen LogP contribution < -0.4 is 0 Å². The first-order valence-electron chi connectivity index (χ1n) is 19.6. The largest absolute Gasteiger partial charge is 0.208 e. The molecule has 0 radical (unpaired) electrons. The van der Waals surface area contributed by atoms with Crippen LogP contribution >= 0.6 is 0 Å². The molecule has 0 saturated carbocycles. The SMILES string of the molecule is c1ccc(-c2ccc(-c3cc(-c4ccc(-c5cccc6ccccc56)cc4)cc(-c4cccc(-c5nc(-c6ccccc6)nc(-c6ccccc6)n5)c4)c3)cc2)cc1. The van der Waals surface area contributed by atoms with E-state index in [1.165, 1.54) is 33.0 Å². The Morgan fingerprint density at radius 1 is 0.207 bits per heavy atom. The molecule has 0 aliphatic carbocycles. The van der Waals surface area contributed by atoms with Crippen molar-refractivity contribution in [2.45, 2.75) is 0 Å². The van der Waals surface area contributed by atoms with E-state index in [4.69, 9.17) is 15.0 Å². The van der Waals surface area contributed by atoms with E-state index in [2.05, 4.69) is 164 Å². The average Bonchev–Trinajstić information content (AvgIpc) is 3.32. The second-order valence-electron chi connectivity index (χ2n) is 14.5. The normalized spacial score (nSPS) is 11.1. The standard InChI is InChI=1S/C55H37N3/c1-4-14-38(15-5-1)39-26-28-40(29-27-39)48-35-49(41-30-32-43(33-31-41)52-25-13-21-42-16-10-11-24-51(42)52)37-50(36-48)46-22-12-23-47(34-46)55-57-53(44-17-6-2-7-18-44)56-54(58-55)45-19-8-3-9-20-45/h1-37H. The predicted molar refractivity (Wildman–Crippen MR) is 241 cm³/mol. The summed E-state index contributed by atoms with van der Waals surface area (Å²) in [5, 5.41) is 2.50. The van der Waals surface area contributed by atoms with E-state index in [9.17, 15) is 0 Å². The molecule has 0 fully saturated rings. The summed E-state index contributed by atoms with van der Waals surface area (Å²) in [5.74, 6) is 1.92. The number of fused-ring (bicyclic) bond motifs is 1. The highest BCUT2D eigenvalue weighted by atomic mass is 15.0. The maximum atomic E-state index is 5.03. The van der Waals surface area contributed by atoms with Crippen molar-refractivity contribution in [1.82, 2.24) is 15.0 Å². The van der Waals surface area contributed by atoms with E-state index in [1.54, 1.807) is 0 Å². The van der Waals surface area contributed by atoms with E-state index >= 15 is 0 Å². The molecule has 0 N–H and O–H groups in total. The molecular formula is C55H37N3. The molecule has 10 aromatic rings. The topological polar surface area (TPSA) is 38.7 Å². The zero-order chi connectivity index (χ0) is 38.7. The van der Waals surface area contributed by atoms with Crippen LogP contribution in [0.2, 0.25) is 0 Å². The van der Waals surface area contributed by atoms with Gasteiger partial charge in [-0.25, -0.2) is 15.0 Å². The molecule has 0 atom stereocenters. The van der Waals surface area contributed by atoms with Crippen LogP contribution in [0.5, 0.6) is 0 Å². The minimum absolute atomic E-state index is 0.631. The molecule has 9 aromatic carbocycles. The summed E-state index contributed by atoms with van der Waals surface area (Å²) in [4.78, 5) is 15.0. The van der Waals surface area contributed by atoms with Crippen LogP contribution in [0.4, 0.5) is 0 Å². The van der Waals surface area contributed by atoms with Gasteiger partial charge in [0.1, 0.15) is 0 Å². The Bertz CT molecular complexity index is 2950. The summed E-state index contributed by atoms with van der Waals surface area (Å²) in [6.45, 7) is 0. The van der Waals surface area contributed by atoms with Crippen LogP contribution in [-0.2, 0) is 0 Å². The highest BCUT2D eigenvalue weighted by Gasteiger charge is 2.15. The van der Waals surface area contributed by atoms with Gasteiger partial charge < -0.3 is 0 Å². The Morgan fingerprint density at radius 2 is 0.552 bits per heavy atom. The van der Waals surface area contributed by atoms with Crippen molar-refractivity contribution in [3.8, 4) is 89.8 Å². The molecule has 1 aromatic heterocycles. The van der Waals surface area contributed by atoms with Gasteiger partial charge in [-0.3, -0.25) is 0 Å². The molecule has 0 bridgehead atoms. The van der Waals surface area contributed by atoms with Crippen molar-refractivity contribution in [2.24, 2.45) is 0 Å². The highest BCUT2D eigenvalue weighted by molar-refractivity contribution is 5.97. The van der Waals surface area contributed by atoms with Gasteiger partial charge in [-0.05, 0) is 90.7 Å². The average molecular weight is 740 g/mol. The number of benzene rings is 9. The van der Waals surface area contributed by atoms with Crippen LogP contribution in [0.3, 0.4) is 0 Å². The highest BCUT2D eigenvalue weighted by Crippen LogP contribution is 2.37. The Morgan fingerprint density at radius 3 is 1.12 bits per heavy atom. The monoisotopic (exact) mass is 739 g/mol. The Labute approximate surface area is 338 Å². The molecule has 58 heavy (non-hydrogen) atoms. The zero-order valence-corrected chi connectivity index (χ0v) is 31.7. The Balaban J connectivity index is 1.08. The number of hydrogen-bond acceptors (Lipinski definition) is 3. The first-order chi connectivity index (χ1) is 28.7. The van der Waals surface area contributed by atoms with Gasteiger partial charge in [0.2, 0.25) is 0 Å². The van der Waals surface area contributed by atoms with E-state index in [1.807, 2.05) is 60.7 Å². The van der Waals surface area contributed by atoms with Crippen molar-refractivity contribution >= 4 is 10.8 Å². The van der Waals surface area contributed by atoms with Crippen molar-refractivity contribution in [2.75, 3.05) is 0 Å². The maximum Gasteiger partial charge on any atom is 0.164 e. The van der Waals surface area contributed by atoms with Gasteiger partial charge >= 0.3 is 0 Å². The van der Waals surface area contributed by atoms with Crippen LogP contribution in [0.25, 0.3) is 101 Å². The molecule has 10 rings (SSSR count). The molecule has 0 aliphatic rings. The van der Waals surface area contributed by atoms with Crippen LogP contribution in [0.1, 0.15) is 0 Å². The van der Waals surface area contributed by atoms with Gasteiger partial charge in [0.05, 0.1) is 0 Å². The van der Waals surface area contributed by atoms with E-state index in [0.29, 0.717) is 17.5 Å². The molecule has 0 amide bonds. The van der Waals surface area contributed by atoms with Gasteiger partial charge in [-0.15, -0.1) is 0 Å². The first kappa shape index (κ1) is 34.7. The molecule has 3 heteroatoms. The molecule has 0 aliphatic heterocycles. The fourth-order valence-electron chi connectivity index (χ4n) is 7.71. The lowest BCUT2D eigenvalue weighted by Gasteiger charge is -2.14. The van der Waals surface area contributed by atoms with Crippen LogP contribution in [-0.4, -0.2) is 15.0 Å². The summed E-state index contributed by atoms with van der Waals surface area (Å²) in [6, 6.07) is 79.2. The Hall–Kier alpha value is -7.75. The lowest BCUT2D eigenvalue weighted by molar-refractivity contribution is 1.07. The van der Waals surface area contributed by atoms with Crippen LogP contribution in [0, 0.1) is 0 Å². The third-order valence-corrected chi connectivity index (χ3v) is 10.7. The van der Waals surface area contributed by atoms with Crippen molar-refractivity contribution < 1.29 is 0 Å². The summed E-state index contributed by atoms with van der Waals surface area (Å²) in [6.07, 6.45) is 0. The van der Waals surface area contributed by atoms with Crippen molar-refractivity contribution in [3.05, 3.63) is 224 Å². The van der Waals surface area contributed by atoms with Gasteiger partial charge in [0, 0.05) is 16.7 Å². The fraction of sp³-hybridized carbons (Fsp3) is 0. The molecule has 0 saturated heterocycles. The van der Waals surface area contributed by atoms with Crippen LogP contribution in [0.15, 0.2) is 224 Å². The van der Waals surface area contributed by atoms with Crippen molar-refractivity contribution in [1.29, 1.82) is 0 Å². The Kier molecular flexibility index (Phi) is 9.23. The summed E-state index contributed by atoms with van der Waals surface area (Å²) in [5.41, 5.74) is 14.4. The smallest absolute Gasteiger partial charge is 0.164 e. The minimum Gasteiger partial charge on any atom is -0.208 e. The maximum absolute atomic E-state index is 5.03. The van der Waals surface area contributed by atoms with Gasteiger partial charge in [0.15, 0.2) is 17.5 Å². The minimum atomic E-state index is 0.631. The van der Waals surface area contributed by atoms with Gasteiger partial charge in [-0.2, -0.15) is 0 Å². The van der Waals surface area contributed by atoms with Gasteiger partial charge in [-0.1, -0.05) is 200 Å². The quantitative estimate of drug-likeness (QED) is 0.156. The third-order valence-electron chi connectivity index (χ3n) is 10.7.